The van der Waals surface area contributed by atoms with Crippen molar-refractivity contribution >= 4 is 0 Å². The smallest absolute Gasteiger partial charge is 0.122 e. The molecule has 2 N–H and O–H groups in total. The Morgan fingerprint density at radius 1 is 1.42 bits per heavy atom. The standard InChI is InChI=1S/C10H15NO/c1-8-3-4-10(12-2)9(7-8)5-6-11/h3-4,7H,5-6,11H2,1-2H3. The molecular formula is C10H15NO. The first-order valence-electron chi connectivity index (χ1n) is 4.11. The van der Waals surface area contributed by atoms with E-state index < -0.39 is 0 Å². The number of hydrogen-bond donors (Lipinski definition) is 1. The zero-order valence-corrected chi connectivity index (χ0v) is 7.63. The van der Waals surface area contributed by atoms with Crippen molar-refractivity contribution in [2.75, 3.05) is 13.7 Å². The lowest BCUT2D eigenvalue weighted by molar-refractivity contribution is 0.409. The predicted octanol–water partition coefficient (Wildman–Crippen LogP) is 1.50. The first kappa shape index (κ1) is 9.07. The van der Waals surface area contributed by atoms with Gasteiger partial charge in [0.2, 0.25) is 0 Å². The second kappa shape index (κ2) is 4.12. The molecule has 1 aromatic rings. The molecule has 0 amide bonds. The zero-order valence-electron chi connectivity index (χ0n) is 7.63. The summed E-state index contributed by atoms with van der Waals surface area (Å²) in [5.41, 5.74) is 7.92. The highest BCUT2D eigenvalue weighted by Gasteiger charge is 2.00. The third kappa shape index (κ3) is 1.98. The van der Waals surface area contributed by atoms with Crippen LogP contribution in [0.2, 0.25) is 0 Å². The Morgan fingerprint density at radius 2 is 2.17 bits per heavy atom. The number of ether oxygens (including phenoxy) is 1. The van der Waals surface area contributed by atoms with Crippen LogP contribution < -0.4 is 10.5 Å². The highest BCUT2D eigenvalue weighted by atomic mass is 16.5. The van der Waals surface area contributed by atoms with Crippen molar-refractivity contribution in [3.8, 4) is 5.75 Å². The summed E-state index contributed by atoms with van der Waals surface area (Å²) in [7, 11) is 1.69. The quantitative estimate of drug-likeness (QED) is 0.736. The molecule has 66 valence electrons. The minimum Gasteiger partial charge on any atom is -0.496 e. The Bertz CT molecular complexity index is 258. The molecule has 0 spiro atoms. The van der Waals surface area contributed by atoms with Crippen LogP contribution in [0, 0.1) is 6.92 Å². The van der Waals surface area contributed by atoms with Gasteiger partial charge in [0.05, 0.1) is 7.11 Å². The first-order chi connectivity index (χ1) is 5.77. The van der Waals surface area contributed by atoms with Gasteiger partial charge in [0.25, 0.3) is 0 Å². The summed E-state index contributed by atoms with van der Waals surface area (Å²) < 4.78 is 5.20. The Hall–Kier alpha value is -1.02. The van der Waals surface area contributed by atoms with Crippen molar-refractivity contribution < 1.29 is 4.74 Å². The fraction of sp³-hybridized carbons (Fsp3) is 0.400. The van der Waals surface area contributed by atoms with Crippen molar-refractivity contribution in [1.29, 1.82) is 0 Å². The Morgan fingerprint density at radius 3 is 2.75 bits per heavy atom. The minimum atomic E-state index is 0.666. The summed E-state index contributed by atoms with van der Waals surface area (Å²) in [6, 6.07) is 6.14. The summed E-state index contributed by atoms with van der Waals surface area (Å²) in [5.74, 6) is 0.936. The van der Waals surface area contributed by atoms with Gasteiger partial charge in [-0.3, -0.25) is 0 Å². The molecule has 0 atom stereocenters. The van der Waals surface area contributed by atoms with E-state index in [-0.39, 0.29) is 0 Å². The van der Waals surface area contributed by atoms with E-state index in [1.165, 1.54) is 11.1 Å². The van der Waals surface area contributed by atoms with Gasteiger partial charge in [-0.1, -0.05) is 17.7 Å². The van der Waals surface area contributed by atoms with Crippen LogP contribution in [0.15, 0.2) is 18.2 Å². The van der Waals surface area contributed by atoms with E-state index in [0.717, 1.165) is 12.2 Å². The number of benzene rings is 1. The fourth-order valence-corrected chi connectivity index (χ4v) is 1.26. The van der Waals surface area contributed by atoms with Crippen molar-refractivity contribution in [2.45, 2.75) is 13.3 Å². The highest BCUT2D eigenvalue weighted by molar-refractivity contribution is 5.36. The van der Waals surface area contributed by atoms with Gasteiger partial charge in [0.1, 0.15) is 5.75 Å². The monoisotopic (exact) mass is 165 g/mol. The summed E-state index contributed by atoms with van der Waals surface area (Å²) in [6.45, 7) is 2.74. The van der Waals surface area contributed by atoms with Crippen LogP contribution in [0.25, 0.3) is 0 Å². The summed E-state index contributed by atoms with van der Waals surface area (Å²) in [6.07, 6.45) is 0.880. The van der Waals surface area contributed by atoms with Crippen LogP contribution in [0.5, 0.6) is 5.75 Å². The zero-order chi connectivity index (χ0) is 8.97. The molecule has 0 heterocycles. The van der Waals surface area contributed by atoms with Crippen LogP contribution in [0.4, 0.5) is 0 Å². The Balaban J connectivity index is 2.95. The van der Waals surface area contributed by atoms with Gasteiger partial charge in [-0.2, -0.15) is 0 Å². The molecule has 2 nitrogen and oxygen atoms in total. The van der Waals surface area contributed by atoms with Crippen LogP contribution in [0.1, 0.15) is 11.1 Å². The molecule has 1 rings (SSSR count). The summed E-state index contributed by atoms with van der Waals surface area (Å²) >= 11 is 0. The number of hydrogen-bond acceptors (Lipinski definition) is 2. The van der Waals surface area contributed by atoms with E-state index in [2.05, 4.69) is 13.0 Å². The Kier molecular flexibility index (Phi) is 3.11. The largest absolute Gasteiger partial charge is 0.496 e. The number of nitrogens with two attached hydrogens (primary N) is 1. The van der Waals surface area contributed by atoms with Gasteiger partial charge >= 0.3 is 0 Å². The van der Waals surface area contributed by atoms with Crippen molar-refractivity contribution in [2.24, 2.45) is 5.73 Å². The molecule has 0 unspecified atom stereocenters. The fourth-order valence-electron chi connectivity index (χ4n) is 1.26. The molecule has 0 aliphatic carbocycles. The second-order valence-electron chi connectivity index (χ2n) is 2.85. The van der Waals surface area contributed by atoms with Gasteiger partial charge in [-0.25, -0.2) is 0 Å². The van der Waals surface area contributed by atoms with Gasteiger partial charge in [0, 0.05) is 0 Å². The lowest BCUT2D eigenvalue weighted by Crippen LogP contribution is -2.04. The third-order valence-electron chi connectivity index (χ3n) is 1.85. The lowest BCUT2D eigenvalue weighted by Gasteiger charge is -2.07. The van der Waals surface area contributed by atoms with Crippen molar-refractivity contribution in [1.82, 2.24) is 0 Å². The van der Waals surface area contributed by atoms with Crippen LogP contribution in [-0.2, 0) is 6.42 Å². The topological polar surface area (TPSA) is 35.2 Å². The van der Waals surface area contributed by atoms with Gasteiger partial charge < -0.3 is 10.5 Å². The lowest BCUT2D eigenvalue weighted by atomic mass is 10.1. The molecule has 0 aliphatic heterocycles. The van der Waals surface area contributed by atoms with Crippen LogP contribution >= 0.6 is 0 Å². The molecule has 0 bridgehead atoms. The average molecular weight is 165 g/mol. The van der Waals surface area contributed by atoms with Gasteiger partial charge in [-0.15, -0.1) is 0 Å². The number of methoxy groups -OCH3 is 1. The molecule has 0 fully saturated rings. The molecule has 0 radical (unpaired) electrons. The maximum Gasteiger partial charge on any atom is 0.122 e. The second-order valence-corrected chi connectivity index (χ2v) is 2.85. The van der Waals surface area contributed by atoms with E-state index in [1.807, 2.05) is 12.1 Å². The van der Waals surface area contributed by atoms with E-state index in [1.54, 1.807) is 7.11 Å². The predicted molar refractivity (Wildman–Crippen MR) is 50.5 cm³/mol. The van der Waals surface area contributed by atoms with Crippen molar-refractivity contribution in [3.63, 3.8) is 0 Å². The van der Waals surface area contributed by atoms with Gasteiger partial charge in [-0.05, 0) is 31.5 Å². The van der Waals surface area contributed by atoms with E-state index >= 15 is 0 Å². The number of aryl methyl sites for hydroxylation is 1. The summed E-state index contributed by atoms with van der Waals surface area (Å²) in [5, 5.41) is 0. The molecule has 0 aromatic heterocycles. The maximum atomic E-state index is 5.48. The third-order valence-corrected chi connectivity index (χ3v) is 1.85. The first-order valence-corrected chi connectivity index (χ1v) is 4.11. The molecule has 2 heteroatoms. The normalized spacial score (nSPS) is 9.92. The number of rotatable bonds is 3. The molecule has 0 saturated carbocycles. The molecule has 1 aromatic carbocycles. The molecule has 0 aliphatic rings. The molecule has 0 saturated heterocycles. The highest BCUT2D eigenvalue weighted by Crippen LogP contribution is 2.19. The average Bonchev–Trinajstić information content (AvgIpc) is 2.05. The van der Waals surface area contributed by atoms with E-state index in [0.29, 0.717) is 6.54 Å². The Labute approximate surface area is 73.3 Å². The SMILES string of the molecule is COc1ccc(C)cc1CCN. The summed E-state index contributed by atoms with van der Waals surface area (Å²) in [4.78, 5) is 0. The minimum absolute atomic E-state index is 0.666. The van der Waals surface area contributed by atoms with Gasteiger partial charge in [0.15, 0.2) is 0 Å². The van der Waals surface area contributed by atoms with Crippen LogP contribution in [-0.4, -0.2) is 13.7 Å². The van der Waals surface area contributed by atoms with E-state index in [9.17, 15) is 0 Å². The maximum absolute atomic E-state index is 5.48. The molecular weight excluding hydrogens is 150 g/mol. The van der Waals surface area contributed by atoms with Crippen molar-refractivity contribution in [3.05, 3.63) is 29.3 Å². The van der Waals surface area contributed by atoms with E-state index in [4.69, 9.17) is 10.5 Å². The van der Waals surface area contributed by atoms with Crippen LogP contribution in [0.3, 0.4) is 0 Å². The molecule has 12 heavy (non-hydrogen) atoms.